The predicted molar refractivity (Wildman–Crippen MR) is 273 cm³/mol. The summed E-state index contributed by atoms with van der Waals surface area (Å²) in [6, 6.07) is 0. The molecular formula is C51H95NaO30. The van der Waals surface area contributed by atoms with Crippen molar-refractivity contribution in [3.05, 3.63) is 0 Å². The molecule has 82 heavy (non-hydrogen) atoms. The molecule has 19 atom stereocenters. The first-order chi connectivity index (χ1) is 38.2. The maximum absolute atomic E-state index is 10.2. The minimum Gasteiger partial charge on any atom is -1.00 e. The SMILES string of the molecule is CC1(C)OC2OC(CO)C3OC(C)(C)OC3C2O1.COCCOCCOCC(O)C(O)C(O)C(O)C=O.COCCOCCOCC1OC(O)C(O)C(O)C1O.COCCOCCOCC1OC2OC(C)(C)OC2C2OC(C)(C)OC12.[H-].[Na+]. The van der Waals surface area contributed by atoms with E-state index in [1.54, 1.807) is 21.3 Å². The number of fused-ring (bicyclic) bond motifs is 6. The minimum absolute atomic E-state index is 0. The normalized spacial score (nSPS) is 34.8. The van der Waals surface area contributed by atoms with E-state index in [4.69, 9.17) is 99.8 Å². The van der Waals surface area contributed by atoms with Crippen molar-refractivity contribution in [2.24, 2.45) is 0 Å². The average molecular weight is 1210 g/mol. The fraction of sp³-hybridized carbons (Fsp3) is 0.980. The first-order valence-corrected chi connectivity index (χ1v) is 27.1. The van der Waals surface area contributed by atoms with Crippen molar-refractivity contribution < 1.29 is 176 Å². The van der Waals surface area contributed by atoms with Crippen molar-refractivity contribution in [2.75, 3.05) is 127 Å². The van der Waals surface area contributed by atoms with Crippen LogP contribution in [0.4, 0.5) is 0 Å². The van der Waals surface area contributed by atoms with Gasteiger partial charge < -0.3 is 147 Å². The molecule has 0 saturated carbocycles. The van der Waals surface area contributed by atoms with E-state index in [0.717, 1.165) is 0 Å². The maximum Gasteiger partial charge on any atom is 1.00 e. The number of aliphatic hydroxyl groups excluding tert-OH is 9. The van der Waals surface area contributed by atoms with Gasteiger partial charge in [-0.15, -0.1) is 0 Å². The summed E-state index contributed by atoms with van der Waals surface area (Å²) in [6.45, 7) is 20.0. The van der Waals surface area contributed by atoms with Gasteiger partial charge in [0.25, 0.3) is 0 Å². The number of aliphatic hydroxyl groups is 9. The standard InChI is InChI=1S/C17H30O8.C12H20O6.2C11H22O8.Na.H/c1-16(2)22-12-11(10-20-9-8-19-7-6-18-5)21-15-14(13(12)23-16)24-17(3,4)25-15;1-11(2)15-7-6(5-13)14-10-9(8(7)16-11)17-12(3,4)18-10;1-16-2-3-17-4-5-18-6-7-8(12)9(13)10(14)11(15)19-7;1-17-2-3-18-4-5-19-7-9(14)11(16)10(15)8(13)6-12;;/h11-15H,6-10H2,1-5H3;6-10,13H,5H2,1-4H3;7-15H,2-6H2,1H3;6,8-11,13-16H,2-5,7H2,1H3;;/q;;;;+1;-1. The molecule has 0 aliphatic carbocycles. The monoisotopic (exact) mass is 1210 g/mol. The van der Waals surface area contributed by atoms with Crippen molar-refractivity contribution >= 4 is 6.29 Å². The molecule has 9 N–H and O–H groups in total. The fourth-order valence-electron chi connectivity index (χ4n) is 9.03. The van der Waals surface area contributed by atoms with Crippen molar-refractivity contribution in [1.82, 2.24) is 0 Å². The Balaban J connectivity index is 0.000000378. The van der Waals surface area contributed by atoms with Crippen LogP contribution in [0.15, 0.2) is 0 Å². The van der Waals surface area contributed by atoms with E-state index in [0.29, 0.717) is 72.7 Å². The van der Waals surface area contributed by atoms with Crippen LogP contribution in [-0.4, -0.2) is 319 Å². The van der Waals surface area contributed by atoms with Gasteiger partial charge in [-0.1, -0.05) is 0 Å². The summed E-state index contributed by atoms with van der Waals surface area (Å²) >= 11 is 0. The number of methoxy groups -OCH3 is 3. The van der Waals surface area contributed by atoms with Crippen molar-refractivity contribution in [3.8, 4) is 0 Å². The Labute approximate surface area is 502 Å². The molecule has 0 aromatic rings. The number of hydrogen-bond acceptors (Lipinski definition) is 30. The Kier molecular flexibility index (Phi) is 34.1. The zero-order valence-electron chi connectivity index (χ0n) is 50.5. The van der Waals surface area contributed by atoms with Crippen LogP contribution in [0.25, 0.3) is 0 Å². The molecule has 0 aromatic carbocycles. The molecule has 0 amide bonds. The molecule has 7 saturated heterocycles. The van der Waals surface area contributed by atoms with Crippen LogP contribution in [0.5, 0.6) is 0 Å². The molecule has 7 rings (SSSR count). The molecule has 7 fully saturated rings. The third-order valence-electron chi connectivity index (χ3n) is 12.9. The Morgan fingerprint density at radius 3 is 1.24 bits per heavy atom. The van der Waals surface area contributed by atoms with Gasteiger partial charge in [-0.3, -0.25) is 0 Å². The molecule has 30 nitrogen and oxygen atoms in total. The molecule has 31 heteroatoms. The number of carbonyl (C=O) groups is 1. The van der Waals surface area contributed by atoms with E-state index >= 15 is 0 Å². The summed E-state index contributed by atoms with van der Waals surface area (Å²) in [5.74, 6) is -2.80. The van der Waals surface area contributed by atoms with E-state index in [1.807, 2.05) is 55.4 Å². The zero-order valence-corrected chi connectivity index (χ0v) is 51.5. The zero-order chi connectivity index (χ0) is 60.1. The van der Waals surface area contributed by atoms with Crippen LogP contribution in [0.3, 0.4) is 0 Å². The first kappa shape index (κ1) is 75.8. The predicted octanol–water partition coefficient (Wildman–Crippen LogP) is -6.67. The second-order valence-corrected chi connectivity index (χ2v) is 21.4. The number of aldehydes is 1. The Hall–Kier alpha value is -0.490. The summed E-state index contributed by atoms with van der Waals surface area (Å²) in [6.07, 6.45) is -16.7. The molecule has 480 valence electrons. The summed E-state index contributed by atoms with van der Waals surface area (Å²) in [4.78, 5) is 10.2. The van der Waals surface area contributed by atoms with Crippen molar-refractivity contribution in [1.29, 1.82) is 0 Å². The van der Waals surface area contributed by atoms with E-state index in [9.17, 15) is 45.6 Å². The number of carbonyl (C=O) groups excluding carboxylic acids is 1. The fourth-order valence-corrected chi connectivity index (χ4v) is 9.03. The van der Waals surface area contributed by atoms with Crippen LogP contribution in [0.1, 0.15) is 56.8 Å². The maximum atomic E-state index is 10.2. The minimum atomic E-state index is -1.76. The molecule has 7 aliphatic heterocycles. The van der Waals surface area contributed by atoms with E-state index in [-0.39, 0.29) is 113 Å². The third-order valence-corrected chi connectivity index (χ3v) is 12.9. The van der Waals surface area contributed by atoms with Crippen LogP contribution < -0.4 is 29.6 Å². The Morgan fingerprint density at radius 1 is 0.439 bits per heavy atom. The number of hydrogen-bond donors (Lipinski definition) is 9. The van der Waals surface area contributed by atoms with Crippen LogP contribution >= 0.6 is 0 Å². The van der Waals surface area contributed by atoms with Gasteiger partial charge in [0, 0.05) is 21.3 Å². The molecule has 0 aromatic heterocycles. The first-order valence-electron chi connectivity index (χ1n) is 27.1. The van der Waals surface area contributed by atoms with Crippen LogP contribution in [0.2, 0.25) is 0 Å². The number of ether oxygens (including phenoxy) is 20. The van der Waals surface area contributed by atoms with E-state index < -0.39 is 97.0 Å². The number of rotatable bonds is 29. The van der Waals surface area contributed by atoms with Gasteiger partial charge in [0.15, 0.2) is 48.3 Å². The van der Waals surface area contributed by atoms with Gasteiger partial charge in [-0.2, -0.15) is 0 Å². The molecule has 0 radical (unpaired) electrons. The van der Waals surface area contributed by atoms with Gasteiger partial charge in [0.05, 0.1) is 106 Å². The molecular weight excluding hydrogens is 1120 g/mol. The second-order valence-electron chi connectivity index (χ2n) is 21.4. The van der Waals surface area contributed by atoms with Crippen LogP contribution in [-0.2, 0) is 99.5 Å². The van der Waals surface area contributed by atoms with E-state index in [2.05, 4.69) is 0 Å². The summed E-state index contributed by atoms with van der Waals surface area (Å²) in [7, 11) is 4.77. The molecule has 0 spiro atoms. The van der Waals surface area contributed by atoms with Crippen LogP contribution in [0, 0.1) is 0 Å². The van der Waals surface area contributed by atoms with Gasteiger partial charge in [-0.25, -0.2) is 0 Å². The van der Waals surface area contributed by atoms with Gasteiger partial charge in [-0.05, 0) is 55.4 Å². The average Bonchev–Trinajstić information content (AvgIpc) is 3.05. The largest absolute Gasteiger partial charge is 1.00 e. The van der Waals surface area contributed by atoms with Crippen molar-refractivity contribution in [3.63, 3.8) is 0 Å². The summed E-state index contributed by atoms with van der Waals surface area (Å²) < 4.78 is 110. The molecule has 7 aliphatic rings. The van der Waals surface area contributed by atoms with E-state index in [1.165, 1.54) is 0 Å². The molecule has 7 heterocycles. The quantitative estimate of drug-likeness (QED) is 0.0191. The molecule has 19 unspecified atom stereocenters. The van der Waals surface area contributed by atoms with Gasteiger partial charge in [0.1, 0.15) is 97.7 Å². The van der Waals surface area contributed by atoms with Gasteiger partial charge in [0.2, 0.25) is 0 Å². The third kappa shape index (κ3) is 24.1. The summed E-state index contributed by atoms with van der Waals surface area (Å²) in [5.41, 5.74) is 0. The smallest absolute Gasteiger partial charge is 1.00 e. The second kappa shape index (κ2) is 36.9. The molecule has 0 bridgehead atoms. The Bertz CT molecular complexity index is 1730. The Morgan fingerprint density at radius 2 is 0.805 bits per heavy atom. The van der Waals surface area contributed by atoms with Crippen molar-refractivity contribution in [2.45, 2.75) is 195 Å². The topological polar surface area (TPSA) is 384 Å². The van der Waals surface area contributed by atoms with Gasteiger partial charge >= 0.3 is 29.6 Å². The summed E-state index contributed by atoms with van der Waals surface area (Å²) in [5, 5.41) is 84.2.